The molecule has 30 heavy (non-hydrogen) atoms. The lowest BCUT2D eigenvalue weighted by atomic mass is 10.2. The molecule has 4 heterocycles. The Balaban J connectivity index is 1.78. The van der Waals surface area contributed by atoms with Gasteiger partial charge in [0.2, 0.25) is 0 Å². The number of pyridine rings is 1. The van der Waals surface area contributed by atoms with Crippen molar-refractivity contribution in [2.45, 2.75) is 13.3 Å². The Bertz CT molecular complexity index is 1370. The number of rotatable bonds is 4. The lowest BCUT2D eigenvalue weighted by Crippen LogP contribution is -2.06. The third-order valence-corrected chi connectivity index (χ3v) is 4.67. The fraction of sp³-hybridized carbons (Fsp3) is 0.150. The predicted octanol–water partition coefficient (Wildman–Crippen LogP) is 1.94. The van der Waals surface area contributed by atoms with E-state index in [9.17, 15) is 4.79 Å². The average Bonchev–Trinajstić information content (AvgIpc) is 3.36. The van der Waals surface area contributed by atoms with Crippen LogP contribution in [0.15, 0.2) is 48.8 Å². The maximum atomic E-state index is 11.9. The van der Waals surface area contributed by atoms with Crippen LogP contribution in [0.3, 0.4) is 0 Å². The quantitative estimate of drug-likeness (QED) is 0.421. The third kappa shape index (κ3) is 2.94. The van der Waals surface area contributed by atoms with Gasteiger partial charge < -0.3 is 4.74 Å². The number of hydrogen-bond donors (Lipinski definition) is 0. The highest BCUT2D eigenvalue weighted by atomic mass is 16.5. The van der Waals surface area contributed by atoms with Gasteiger partial charge in [0.15, 0.2) is 17.0 Å². The van der Waals surface area contributed by atoms with Crippen molar-refractivity contribution >= 4 is 22.9 Å². The van der Waals surface area contributed by atoms with Gasteiger partial charge in [0.05, 0.1) is 19.2 Å². The molecular weight excluding hydrogens is 384 g/mol. The van der Waals surface area contributed by atoms with Gasteiger partial charge in [0, 0.05) is 18.0 Å². The summed E-state index contributed by atoms with van der Waals surface area (Å²) in [5.74, 6) is 0.372. The molecule has 10 heteroatoms. The molecule has 0 aliphatic heterocycles. The number of ether oxygens (including phenoxy) is 1. The molecule has 0 unspecified atom stereocenters. The minimum Gasteiger partial charge on any atom is -0.469 e. The molecule has 0 atom stereocenters. The summed E-state index contributed by atoms with van der Waals surface area (Å²) < 4.78 is 8.08. The van der Waals surface area contributed by atoms with Crippen LogP contribution in [0.2, 0.25) is 0 Å². The first kappa shape index (κ1) is 17.9. The van der Waals surface area contributed by atoms with Gasteiger partial charge >= 0.3 is 5.97 Å². The molecule has 0 amide bonds. The van der Waals surface area contributed by atoms with Crippen LogP contribution in [-0.4, -0.2) is 52.6 Å². The molecule has 0 radical (unpaired) electrons. The first-order valence-corrected chi connectivity index (χ1v) is 9.19. The summed E-state index contributed by atoms with van der Waals surface area (Å²) in [6, 6.07) is 11.5. The Morgan fingerprint density at radius 1 is 1.10 bits per heavy atom. The SMILES string of the molecule is COC(=O)Cc1nn(-c2ccc(C)cc2)c2c1nnc1nc(-c3cccnc3)nn12. The molecule has 5 rings (SSSR count). The summed E-state index contributed by atoms with van der Waals surface area (Å²) in [6.07, 6.45) is 3.33. The van der Waals surface area contributed by atoms with Gasteiger partial charge in [0.25, 0.3) is 5.78 Å². The largest absolute Gasteiger partial charge is 0.469 e. The molecule has 0 fully saturated rings. The molecule has 0 N–H and O–H groups in total. The van der Waals surface area contributed by atoms with Crippen molar-refractivity contribution in [2.75, 3.05) is 7.11 Å². The zero-order chi connectivity index (χ0) is 20.7. The Kier molecular flexibility index (Phi) is 4.16. The average molecular weight is 400 g/mol. The van der Waals surface area contributed by atoms with Crippen molar-refractivity contribution in [3.8, 4) is 17.1 Å². The van der Waals surface area contributed by atoms with E-state index < -0.39 is 5.97 Å². The van der Waals surface area contributed by atoms with Crippen molar-refractivity contribution < 1.29 is 9.53 Å². The lowest BCUT2D eigenvalue weighted by molar-refractivity contribution is -0.139. The van der Waals surface area contributed by atoms with Crippen molar-refractivity contribution in [1.29, 1.82) is 0 Å². The standard InChI is InChI=1S/C20H16N8O2/c1-12-5-7-14(8-6-12)27-19-17(15(25-27)10-16(29)30-2)23-24-20-22-18(26-28(19)20)13-4-3-9-21-11-13/h3-9,11H,10H2,1-2H3. The number of hydrogen-bond acceptors (Lipinski definition) is 8. The number of benzene rings is 1. The number of carbonyl (C=O) groups is 1. The van der Waals surface area contributed by atoms with Crippen molar-refractivity contribution in [3.05, 3.63) is 60.0 Å². The molecule has 5 aromatic rings. The number of aryl methyl sites for hydroxylation is 1. The molecule has 0 saturated carbocycles. The van der Waals surface area contributed by atoms with Gasteiger partial charge in [-0.05, 0) is 31.2 Å². The number of fused-ring (bicyclic) bond motifs is 3. The maximum absolute atomic E-state index is 11.9. The van der Waals surface area contributed by atoms with Gasteiger partial charge in [-0.3, -0.25) is 9.78 Å². The van der Waals surface area contributed by atoms with E-state index in [2.05, 4.69) is 30.4 Å². The van der Waals surface area contributed by atoms with Crippen LogP contribution in [0.4, 0.5) is 0 Å². The van der Waals surface area contributed by atoms with Gasteiger partial charge in [-0.2, -0.15) is 14.6 Å². The Morgan fingerprint density at radius 3 is 2.67 bits per heavy atom. The second-order valence-electron chi connectivity index (χ2n) is 6.71. The second kappa shape index (κ2) is 6.99. The number of esters is 1. The van der Waals surface area contributed by atoms with E-state index in [4.69, 9.17) is 4.74 Å². The minimum absolute atomic E-state index is 0.0315. The van der Waals surface area contributed by atoms with E-state index in [0.717, 1.165) is 16.8 Å². The van der Waals surface area contributed by atoms with Crippen LogP contribution in [0.1, 0.15) is 11.3 Å². The predicted molar refractivity (Wildman–Crippen MR) is 107 cm³/mol. The Morgan fingerprint density at radius 2 is 1.93 bits per heavy atom. The first-order chi connectivity index (χ1) is 14.6. The van der Waals surface area contributed by atoms with Crippen molar-refractivity contribution in [1.82, 2.24) is 39.6 Å². The summed E-state index contributed by atoms with van der Waals surface area (Å²) >= 11 is 0. The normalized spacial score (nSPS) is 11.3. The van der Waals surface area contributed by atoms with Crippen LogP contribution in [0, 0.1) is 6.92 Å². The smallest absolute Gasteiger partial charge is 0.311 e. The number of carbonyl (C=O) groups excluding carboxylic acids is 1. The molecule has 0 spiro atoms. The molecule has 4 aromatic heterocycles. The summed E-state index contributed by atoms with van der Waals surface area (Å²) in [5.41, 5.74) is 4.14. The maximum Gasteiger partial charge on any atom is 0.311 e. The molecular formula is C20H16N8O2. The zero-order valence-corrected chi connectivity index (χ0v) is 16.2. The topological polar surface area (TPSA) is 113 Å². The van der Waals surface area contributed by atoms with Crippen LogP contribution in [0.25, 0.3) is 34.0 Å². The molecule has 0 saturated heterocycles. The molecule has 1 aromatic carbocycles. The highest BCUT2D eigenvalue weighted by Crippen LogP contribution is 2.23. The summed E-state index contributed by atoms with van der Waals surface area (Å²) in [7, 11) is 1.34. The summed E-state index contributed by atoms with van der Waals surface area (Å²) in [5, 5.41) is 17.7. The van der Waals surface area contributed by atoms with Crippen LogP contribution < -0.4 is 0 Å². The van der Waals surface area contributed by atoms with Gasteiger partial charge in [0.1, 0.15) is 5.69 Å². The zero-order valence-electron chi connectivity index (χ0n) is 16.2. The van der Waals surface area contributed by atoms with Gasteiger partial charge in [-0.15, -0.1) is 15.3 Å². The monoisotopic (exact) mass is 400 g/mol. The highest BCUT2D eigenvalue weighted by Gasteiger charge is 2.22. The van der Waals surface area contributed by atoms with Crippen LogP contribution >= 0.6 is 0 Å². The summed E-state index contributed by atoms with van der Waals surface area (Å²) in [4.78, 5) is 20.5. The molecule has 0 bridgehead atoms. The van der Waals surface area contributed by atoms with E-state index >= 15 is 0 Å². The van der Waals surface area contributed by atoms with E-state index in [0.29, 0.717) is 28.5 Å². The highest BCUT2D eigenvalue weighted by molar-refractivity contribution is 5.82. The minimum atomic E-state index is -0.415. The molecule has 10 nitrogen and oxygen atoms in total. The number of nitrogens with zero attached hydrogens (tertiary/aromatic N) is 8. The van der Waals surface area contributed by atoms with Gasteiger partial charge in [-0.25, -0.2) is 4.68 Å². The van der Waals surface area contributed by atoms with E-state index in [1.54, 1.807) is 21.6 Å². The number of aromatic nitrogens is 8. The molecule has 0 aliphatic carbocycles. The molecule has 0 aliphatic rings. The second-order valence-corrected chi connectivity index (χ2v) is 6.71. The Labute approximate surface area is 170 Å². The van der Waals surface area contributed by atoms with E-state index in [-0.39, 0.29) is 6.42 Å². The van der Waals surface area contributed by atoms with E-state index in [1.807, 2.05) is 43.3 Å². The fourth-order valence-electron chi connectivity index (χ4n) is 3.15. The third-order valence-electron chi connectivity index (χ3n) is 4.67. The number of methoxy groups -OCH3 is 1. The van der Waals surface area contributed by atoms with Crippen molar-refractivity contribution in [2.24, 2.45) is 0 Å². The first-order valence-electron chi connectivity index (χ1n) is 9.19. The fourth-order valence-corrected chi connectivity index (χ4v) is 3.15. The van der Waals surface area contributed by atoms with Crippen LogP contribution in [-0.2, 0) is 16.0 Å². The summed E-state index contributed by atoms with van der Waals surface area (Å²) in [6.45, 7) is 2.01. The Hall–Kier alpha value is -4.21. The lowest BCUT2D eigenvalue weighted by Gasteiger charge is -2.04. The van der Waals surface area contributed by atoms with E-state index in [1.165, 1.54) is 7.11 Å². The molecule has 148 valence electrons. The van der Waals surface area contributed by atoms with Crippen molar-refractivity contribution in [3.63, 3.8) is 0 Å². The van der Waals surface area contributed by atoms with Gasteiger partial charge in [-0.1, -0.05) is 17.7 Å². The van der Waals surface area contributed by atoms with Crippen LogP contribution in [0.5, 0.6) is 0 Å².